The molecular formula is C84H59N9. The van der Waals surface area contributed by atoms with Crippen molar-refractivity contribution in [3.05, 3.63) is 301 Å². The highest BCUT2D eigenvalue weighted by molar-refractivity contribution is 6.26. The number of fused-ring (bicyclic) bond motifs is 16. The van der Waals surface area contributed by atoms with Gasteiger partial charge in [0.1, 0.15) is 0 Å². The molecule has 4 aliphatic rings. The largest absolute Gasteiger partial charge is 0.309 e. The number of hydrogen-bond donors (Lipinski definition) is 0. The number of nitrogens with zero attached hydrogens (tertiary/aromatic N) is 9. The summed E-state index contributed by atoms with van der Waals surface area (Å²) in [4.78, 5) is 34.5. The van der Waals surface area contributed by atoms with Gasteiger partial charge >= 0.3 is 0 Å². The highest BCUT2D eigenvalue weighted by Gasteiger charge is 2.44. The Labute approximate surface area is 538 Å². The Morgan fingerprint density at radius 1 is 0.333 bits per heavy atom. The minimum atomic E-state index is -0.304. The molecule has 0 saturated carbocycles. The van der Waals surface area contributed by atoms with Gasteiger partial charge in [-0.05, 0) is 116 Å². The van der Waals surface area contributed by atoms with Crippen molar-refractivity contribution < 1.29 is 0 Å². The fourth-order valence-corrected chi connectivity index (χ4v) is 15.8. The molecule has 0 saturated heterocycles. The third-order valence-electron chi connectivity index (χ3n) is 20.4. The van der Waals surface area contributed by atoms with Crippen LogP contribution in [0.1, 0.15) is 61.4 Å². The number of aromatic nitrogens is 8. The maximum absolute atomic E-state index is 5.50. The van der Waals surface area contributed by atoms with E-state index in [4.69, 9.17) is 29.9 Å². The summed E-state index contributed by atoms with van der Waals surface area (Å²) in [7, 11) is 0. The Bertz CT molecular complexity index is 5700. The fraction of sp³-hybridized carbons (Fsp3) is 0.0952. The summed E-state index contributed by atoms with van der Waals surface area (Å²) in [6, 6.07) is 89.3. The zero-order valence-electron chi connectivity index (χ0n) is 51.7. The minimum absolute atomic E-state index is 0.000527. The van der Waals surface area contributed by atoms with Gasteiger partial charge in [-0.3, -0.25) is 4.57 Å². The summed E-state index contributed by atoms with van der Waals surface area (Å²) in [5.41, 5.74) is 23.6. The van der Waals surface area contributed by atoms with Gasteiger partial charge < -0.3 is 9.47 Å². The maximum atomic E-state index is 5.50. The van der Waals surface area contributed by atoms with E-state index >= 15 is 0 Å². The predicted molar refractivity (Wildman–Crippen MR) is 378 cm³/mol. The van der Waals surface area contributed by atoms with Crippen molar-refractivity contribution in [2.75, 3.05) is 4.90 Å². The molecule has 0 bridgehead atoms. The molecule has 93 heavy (non-hydrogen) atoms. The van der Waals surface area contributed by atoms with Crippen LogP contribution in [0.2, 0.25) is 0 Å². The Morgan fingerprint density at radius 2 is 0.860 bits per heavy atom. The van der Waals surface area contributed by atoms with Gasteiger partial charge in [0.2, 0.25) is 11.9 Å². The van der Waals surface area contributed by atoms with Crippen molar-refractivity contribution in [3.8, 4) is 90.6 Å². The topological polar surface area (TPSA) is 90.4 Å². The highest BCUT2D eigenvalue weighted by Crippen LogP contribution is 2.56. The van der Waals surface area contributed by atoms with Crippen LogP contribution in [0.4, 0.5) is 11.6 Å². The molecular weight excluding hydrogens is 1130 g/mol. The van der Waals surface area contributed by atoms with E-state index in [-0.39, 0.29) is 22.8 Å². The molecule has 440 valence electrons. The lowest BCUT2D eigenvalue weighted by Gasteiger charge is -2.28. The van der Waals surface area contributed by atoms with E-state index < -0.39 is 0 Å². The number of hydrogen-bond acceptors (Lipinski definition) is 7. The minimum Gasteiger partial charge on any atom is -0.309 e. The number of anilines is 2. The second-order valence-corrected chi connectivity index (χ2v) is 26.2. The third kappa shape index (κ3) is 7.93. The second kappa shape index (κ2) is 19.9. The lowest BCUT2D eigenvalue weighted by atomic mass is 9.81. The van der Waals surface area contributed by atoms with Gasteiger partial charge in [0, 0.05) is 71.9 Å². The molecule has 5 heterocycles. The maximum Gasteiger partial charge on any atom is 0.238 e. The van der Waals surface area contributed by atoms with Crippen LogP contribution >= 0.6 is 0 Å². The smallest absolute Gasteiger partial charge is 0.238 e. The zero-order chi connectivity index (χ0) is 61.8. The van der Waals surface area contributed by atoms with Crippen molar-refractivity contribution in [2.45, 2.75) is 50.5 Å². The summed E-state index contributed by atoms with van der Waals surface area (Å²) in [5, 5.41) is 4.66. The van der Waals surface area contributed by atoms with Crippen molar-refractivity contribution in [2.24, 2.45) is 0 Å². The monoisotopic (exact) mass is 1190 g/mol. The molecule has 19 rings (SSSR count). The Morgan fingerprint density at radius 3 is 1.58 bits per heavy atom. The molecule has 2 unspecified atom stereocenters. The van der Waals surface area contributed by atoms with Gasteiger partial charge in [0.15, 0.2) is 23.3 Å². The van der Waals surface area contributed by atoms with Crippen molar-refractivity contribution in [3.63, 3.8) is 0 Å². The number of allylic oxidation sites excluding steroid dienone is 2. The lowest BCUT2D eigenvalue weighted by molar-refractivity contribution is 0.660. The summed E-state index contributed by atoms with van der Waals surface area (Å²) in [5.74, 6) is 3.81. The van der Waals surface area contributed by atoms with Crippen LogP contribution < -0.4 is 4.90 Å². The van der Waals surface area contributed by atoms with Gasteiger partial charge in [-0.1, -0.05) is 246 Å². The molecule has 9 nitrogen and oxygen atoms in total. The zero-order valence-corrected chi connectivity index (χ0v) is 51.7. The summed E-state index contributed by atoms with van der Waals surface area (Å²) in [6.07, 6.45) is 9.00. The van der Waals surface area contributed by atoms with Crippen LogP contribution in [0.25, 0.3) is 134 Å². The molecule has 1 aliphatic heterocycles. The van der Waals surface area contributed by atoms with Crippen LogP contribution in [0.15, 0.2) is 273 Å². The van der Waals surface area contributed by atoms with Crippen molar-refractivity contribution >= 4 is 55.2 Å². The third-order valence-corrected chi connectivity index (χ3v) is 20.4. The molecule has 0 amide bonds. The van der Waals surface area contributed by atoms with Crippen LogP contribution in [0, 0.1) is 0 Å². The highest BCUT2D eigenvalue weighted by atomic mass is 15.3. The quantitative estimate of drug-likeness (QED) is 0.150. The number of benzene rings is 11. The molecule has 3 aliphatic carbocycles. The summed E-state index contributed by atoms with van der Waals surface area (Å²) in [6.45, 7) is 9.37. The average Bonchev–Trinajstić information content (AvgIpc) is 1.57. The van der Waals surface area contributed by atoms with Gasteiger partial charge in [0.25, 0.3) is 0 Å². The van der Waals surface area contributed by atoms with Gasteiger partial charge in [-0.15, -0.1) is 0 Å². The molecule has 9 heteroatoms. The summed E-state index contributed by atoms with van der Waals surface area (Å²) >= 11 is 0. The average molecular weight is 1190 g/mol. The Hall–Kier alpha value is -11.7. The SMILES string of the molecule is CC1(C)c2ccc(-c3ccc(-c4nc(-c5ccccc5)nc(-n5c6ccccc6c6c5ccc5c7ccccc7n(-c7ccccc7)c56)n4)cc3)cc2-c2ccc(-c3nc(-c4ccccc4)nc(N4c5cc6c(cc5C5C=CC=CC54)-c4ccccc4C6(C)C)n3)cc21. The number of rotatable bonds is 8. The Balaban J connectivity index is 0.693. The predicted octanol–water partition coefficient (Wildman–Crippen LogP) is 19.9. The molecule has 15 aromatic rings. The first kappa shape index (κ1) is 53.2. The number of para-hydroxylation sites is 3. The fourth-order valence-electron chi connectivity index (χ4n) is 15.8. The van der Waals surface area contributed by atoms with E-state index in [1.165, 1.54) is 60.8 Å². The van der Waals surface area contributed by atoms with E-state index in [1.807, 2.05) is 24.3 Å². The molecule has 0 N–H and O–H groups in total. The first-order valence-corrected chi connectivity index (χ1v) is 32.1. The lowest BCUT2D eigenvalue weighted by Crippen LogP contribution is -2.30. The Kier molecular flexibility index (Phi) is 11.4. The van der Waals surface area contributed by atoms with Crippen molar-refractivity contribution in [1.82, 2.24) is 39.0 Å². The van der Waals surface area contributed by atoms with E-state index in [9.17, 15) is 0 Å². The normalized spacial score (nSPS) is 16.0. The van der Waals surface area contributed by atoms with E-state index in [2.05, 4.69) is 290 Å². The molecule has 2 atom stereocenters. The van der Waals surface area contributed by atoms with E-state index in [0.717, 1.165) is 77.6 Å². The van der Waals surface area contributed by atoms with E-state index in [0.29, 0.717) is 35.2 Å². The molecule has 0 fully saturated rings. The van der Waals surface area contributed by atoms with E-state index in [1.54, 1.807) is 0 Å². The molecule has 11 aromatic carbocycles. The van der Waals surface area contributed by atoms with Gasteiger partial charge in [-0.25, -0.2) is 9.97 Å². The van der Waals surface area contributed by atoms with Gasteiger partial charge in [0.05, 0.1) is 28.1 Å². The molecule has 0 radical (unpaired) electrons. The first-order valence-electron chi connectivity index (χ1n) is 32.1. The van der Waals surface area contributed by atoms with Crippen LogP contribution in [0.5, 0.6) is 0 Å². The van der Waals surface area contributed by atoms with Crippen LogP contribution in [-0.4, -0.2) is 45.1 Å². The standard InChI is InChI=1S/C84H59N9/c1-83(2)66-32-18-14-28-57(66)64-48-65-60-30-16-20-34-71(60)93(74(65)49-69(64)83)82-88-78(52-24-10-6-11-25-52)86-80(90-82)55-40-42-58-63-46-54(41-44-67(63)84(3,4)68(58)47-55)50-36-38-53(39-37-50)79-85-77(51-22-8-5-9-23-51)87-81(89-79)92-72-35-21-17-31-62(72)75-73(92)45-43-61-59-29-15-19-33-70(59)91(76(61)75)56-26-12-7-13-27-56/h5-49,60,71H,1-4H3. The molecule has 4 aromatic heterocycles. The summed E-state index contributed by atoms with van der Waals surface area (Å²) < 4.78 is 4.63. The first-order chi connectivity index (χ1) is 45.6. The van der Waals surface area contributed by atoms with Crippen LogP contribution in [0.3, 0.4) is 0 Å². The molecule has 0 spiro atoms. The van der Waals surface area contributed by atoms with Crippen LogP contribution in [-0.2, 0) is 10.8 Å². The van der Waals surface area contributed by atoms with Gasteiger partial charge in [-0.2, -0.15) is 19.9 Å². The van der Waals surface area contributed by atoms with Crippen molar-refractivity contribution in [1.29, 1.82) is 0 Å². The second-order valence-electron chi connectivity index (χ2n) is 26.2.